The van der Waals surface area contributed by atoms with E-state index in [-0.39, 0.29) is 19.0 Å². The average Bonchev–Trinajstić information content (AvgIpc) is 3.54. The van der Waals surface area contributed by atoms with Gasteiger partial charge in [-0.15, -0.1) is 10.1 Å². The minimum absolute atomic E-state index is 0.0637. The SMILES string of the molecule is CCc1ccc(C2=C(C=O)N(c3ccccc3C(F)(F)F)S(=O)(=O)C3C=CC=CC23)c2c1OCO2.CNCCCCCCO[N+](=O)[O-]. The van der Waals surface area contributed by atoms with Gasteiger partial charge < -0.3 is 19.6 Å². The smallest absolute Gasteiger partial charge is 0.418 e. The van der Waals surface area contributed by atoms with Crippen LogP contribution < -0.4 is 19.1 Å². The van der Waals surface area contributed by atoms with E-state index >= 15 is 0 Å². The van der Waals surface area contributed by atoms with Gasteiger partial charge in [0.2, 0.25) is 16.8 Å². The first-order valence-corrected chi connectivity index (χ1v) is 16.6. The molecule has 11 nitrogen and oxygen atoms in total. The molecule has 0 spiro atoms. The van der Waals surface area contributed by atoms with Gasteiger partial charge in [-0.3, -0.25) is 4.79 Å². The molecule has 0 bridgehead atoms. The monoisotopic (exact) mass is 679 g/mol. The van der Waals surface area contributed by atoms with Gasteiger partial charge in [-0.25, -0.2) is 12.7 Å². The molecule has 2 aliphatic heterocycles. The highest BCUT2D eigenvalue weighted by molar-refractivity contribution is 7.94. The van der Waals surface area contributed by atoms with Gasteiger partial charge in [0.15, 0.2) is 17.8 Å². The van der Waals surface area contributed by atoms with E-state index in [1.165, 1.54) is 24.3 Å². The average molecular weight is 680 g/mol. The number of nitrogens with one attached hydrogen (secondary N) is 1. The van der Waals surface area contributed by atoms with Crippen molar-refractivity contribution in [2.75, 3.05) is 31.3 Å². The van der Waals surface area contributed by atoms with Crippen LogP contribution in [-0.4, -0.2) is 52.0 Å². The number of ether oxygens (including phenoxy) is 2. The van der Waals surface area contributed by atoms with Crippen LogP contribution in [-0.2, 0) is 32.3 Å². The number of fused-ring (bicyclic) bond motifs is 2. The van der Waals surface area contributed by atoms with E-state index in [9.17, 15) is 36.5 Å². The Labute approximate surface area is 270 Å². The number of benzene rings is 2. The fourth-order valence-electron chi connectivity index (χ4n) is 5.70. The lowest BCUT2D eigenvalue weighted by atomic mass is 9.84. The number of carbonyl (C=O) groups excluding carboxylic acids is 1. The Morgan fingerprint density at radius 3 is 2.45 bits per heavy atom. The van der Waals surface area contributed by atoms with Gasteiger partial charge in [0.05, 0.1) is 17.9 Å². The molecule has 2 aromatic rings. The summed E-state index contributed by atoms with van der Waals surface area (Å²) in [5.41, 5.74) is -0.696. The summed E-state index contributed by atoms with van der Waals surface area (Å²) in [6.07, 6.45) is 6.29. The Bertz CT molecular complexity index is 1660. The van der Waals surface area contributed by atoms with Crippen LogP contribution in [0.25, 0.3) is 5.57 Å². The molecule has 0 amide bonds. The number of para-hydroxylation sites is 1. The first kappa shape index (κ1) is 35.5. The fraction of sp³-hybridized carbons (Fsp3) is 0.406. The van der Waals surface area contributed by atoms with Gasteiger partial charge in [-0.05, 0) is 56.1 Å². The van der Waals surface area contributed by atoms with Crippen LogP contribution in [0.4, 0.5) is 18.9 Å². The van der Waals surface area contributed by atoms with Gasteiger partial charge in [0.1, 0.15) is 10.9 Å². The predicted molar refractivity (Wildman–Crippen MR) is 169 cm³/mol. The van der Waals surface area contributed by atoms with E-state index in [1.54, 1.807) is 24.3 Å². The maximum absolute atomic E-state index is 13.9. The molecule has 0 saturated carbocycles. The molecule has 0 radical (unpaired) electrons. The largest absolute Gasteiger partial charge is 0.453 e. The quantitative estimate of drug-likeness (QED) is 0.127. The number of sulfonamides is 1. The number of aldehydes is 1. The van der Waals surface area contributed by atoms with Gasteiger partial charge >= 0.3 is 6.18 Å². The molecule has 2 aromatic carbocycles. The van der Waals surface area contributed by atoms with Crippen molar-refractivity contribution < 1.29 is 45.8 Å². The zero-order chi connectivity index (χ0) is 34.2. The highest BCUT2D eigenvalue weighted by atomic mass is 32.2. The van der Waals surface area contributed by atoms with Gasteiger partial charge in [-0.1, -0.05) is 68.3 Å². The van der Waals surface area contributed by atoms with Gasteiger partial charge in [-0.2, -0.15) is 13.2 Å². The van der Waals surface area contributed by atoms with Crippen molar-refractivity contribution in [2.45, 2.75) is 50.5 Å². The van der Waals surface area contributed by atoms with Crippen LogP contribution >= 0.6 is 0 Å². The normalized spacial score (nSPS) is 19.1. The lowest BCUT2D eigenvalue weighted by molar-refractivity contribution is -0.757. The third kappa shape index (κ3) is 7.79. The third-order valence-electron chi connectivity index (χ3n) is 7.84. The molecule has 2 heterocycles. The van der Waals surface area contributed by atoms with Crippen molar-refractivity contribution in [3.05, 3.63) is 93.2 Å². The molecule has 0 aromatic heterocycles. The van der Waals surface area contributed by atoms with Crippen molar-refractivity contribution in [2.24, 2.45) is 5.92 Å². The van der Waals surface area contributed by atoms with Crippen molar-refractivity contribution >= 4 is 27.6 Å². The maximum atomic E-state index is 13.9. The number of rotatable bonds is 12. The number of aryl methyl sites for hydroxylation is 1. The molecule has 47 heavy (non-hydrogen) atoms. The van der Waals surface area contributed by atoms with Crippen molar-refractivity contribution in [1.29, 1.82) is 0 Å². The van der Waals surface area contributed by atoms with Crippen LogP contribution in [0.15, 0.2) is 66.4 Å². The Morgan fingerprint density at radius 2 is 1.77 bits per heavy atom. The Morgan fingerprint density at radius 1 is 1.06 bits per heavy atom. The van der Waals surface area contributed by atoms with Crippen LogP contribution in [0.5, 0.6) is 11.5 Å². The zero-order valence-corrected chi connectivity index (χ0v) is 26.7. The molecule has 1 N–H and O–H groups in total. The minimum Gasteiger partial charge on any atom is -0.453 e. The summed E-state index contributed by atoms with van der Waals surface area (Å²) in [6.45, 7) is 3.11. The third-order valence-corrected chi connectivity index (χ3v) is 9.88. The second-order valence-electron chi connectivity index (χ2n) is 10.8. The van der Waals surface area contributed by atoms with E-state index in [0.29, 0.717) is 34.1 Å². The first-order chi connectivity index (χ1) is 22.5. The van der Waals surface area contributed by atoms with E-state index in [2.05, 4.69) is 10.2 Å². The number of alkyl halides is 3. The highest BCUT2D eigenvalue weighted by Gasteiger charge is 2.49. The molecule has 3 aliphatic rings. The number of hydrogen-bond donors (Lipinski definition) is 1. The first-order valence-electron chi connectivity index (χ1n) is 15.1. The summed E-state index contributed by atoms with van der Waals surface area (Å²) >= 11 is 0. The van der Waals surface area contributed by atoms with E-state index < -0.39 is 49.4 Å². The van der Waals surface area contributed by atoms with Gasteiger partial charge in [0.25, 0.3) is 5.09 Å². The molecule has 15 heteroatoms. The molecule has 5 rings (SSSR count). The summed E-state index contributed by atoms with van der Waals surface area (Å²) in [5.74, 6) is -0.00524. The highest BCUT2D eigenvalue weighted by Crippen LogP contribution is 2.51. The number of halogens is 3. The van der Waals surface area contributed by atoms with Crippen LogP contribution in [0.3, 0.4) is 0 Å². The van der Waals surface area contributed by atoms with Crippen molar-refractivity contribution in [3.8, 4) is 11.5 Å². The number of nitrogens with zero attached hydrogens (tertiary/aromatic N) is 2. The fourth-order valence-corrected chi connectivity index (χ4v) is 7.68. The summed E-state index contributed by atoms with van der Waals surface area (Å²) in [6, 6.07) is 7.79. The Balaban J connectivity index is 0.000000356. The van der Waals surface area contributed by atoms with Gasteiger partial charge in [0, 0.05) is 11.5 Å². The number of unbranched alkanes of at least 4 members (excludes halogenated alkanes) is 3. The Hall–Kier alpha value is -4.37. The zero-order valence-electron chi connectivity index (χ0n) is 25.9. The summed E-state index contributed by atoms with van der Waals surface area (Å²) < 4.78 is 81.1. The standard InChI is InChI=1S/C25H20F3NO5S.C7H16N2O3/c1-2-15-11-12-17(24-23(15)33-14-34-24)22-16-7-3-6-10-21(16)35(31,32)29(20(22)13-30)19-9-5-4-8-18(19)25(26,27)28;1-8-6-4-2-3-5-7-12-9(10)11/h3-13,16,21H,2,14H2,1H3;8H,2-7H2,1H3. The number of carbonyl (C=O) groups is 1. The van der Waals surface area contributed by atoms with E-state index in [0.717, 1.165) is 49.9 Å². The summed E-state index contributed by atoms with van der Waals surface area (Å²) in [7, 11) is -2.54. The molecule has 2 unspecified atom stereocenters. The molecular weight excluding hydrogens is 643 g/mol. The number of hydrogen-bond acceptors (Lipinski definition) is 9. The molecule has 2 atom stereocenters. The van der Waals surface area contributed by atoms with E-state index in [4.69, 9.17) is 9.47 Å². The molecule has 254 valence electrons. The second kappa shape index (κ2) is 15.5. The topological polar surface area (TPSA) is 137 Å². The van der Waals surface area contributed by atoms with Crippen LogP contribution in [0.2, 0.25) is 0 Å². The van der Waals surface area contributed by atoms with Crippen LogP contribution in [0, 0.1) is 16.0 Å². The summed E-state index contributed by atoms with van der Waals surface area (Å²) in [4.78, 5) is 26.4. The van der Waals surface area contributed by atoms with Crippen molar-refractivity contribution in [3.63, 3.8) is 0 Å². The molecule has 0 fully saturated rings. The lowest BCUT2D eigenvalue weighted by Crippen LogP contribution is -2.47. The Kier molecular flexibility index (Phi) is 11.7. The van der Waals surface area contributed by atoms with Crippen LogP contribution in [0.1, 0.15) is 49.3 Å². The number of anilines is 1. The maximum Gasteiger partial charge on any atom is 0.418 e. The lowest BCUT2D eigenvalue weighted by Gasteiger charge is -2.40. The molecule has 0 saturated heterocycles. The number of allylic oxidation sites excluding steroid dienone is 5. The van der Waals surface area contributed by atoms with Crippen molar-refractivity contribution in [1.82, 2.24) is 5.32 Å². The molecule has 1 aliphatic carbocycles. The minimum atomic E-state index is -4.85. The predicted octanol–water partition coefficient (Wildman–Crippen LogP) is 5.84. The molecular formula is C32H36F3N3O8S. The van der Waals surface area contributed by atoms with E-state index in [1.807, 2.05) is 14.0 Å². The second-order valence-corrected chi connectivity index (χ2v) is 12.7. The summed E-state index contributed by atoms with van der Waals surface area (Å²) in [5, 5.41) is 10.8.